The highest BCUT2D eigenvalue weighted by Gasteiger charge is 2.22. The molecule has 5 nitrogen and oxygen atoms in total. The van der Waals surface area contributed by atoms with Crippen LogP contribution in [0.15, 0.2) is 41.6 Å². The Balaban J connectivity index is 1.92. The zero-order chi connectivity index (χ0) is 17.3. The normalized spacial score (nSPS) is 12.4. The first-order valence-corrected chi connectivity index (χ1v) is 8.68. The van der Waals surface area contributed by atoms with Gasteiger partial charge in [-0.2, -0.15) is 4.98 Å². The Hall–Kier alpha value is -2.25. The number of methoxy groups -OCH3 is 1. The van der Waals surface area contributed by atoms with Crippen molar-refractivity contribution in [2.24, 2.45) is 0 Å². The largest absolute Gasteiger partial charge is 0.609 e. The summed E-state index contributed by atoms with van der Waals surface area (Å²) < 4.78 is 32.0. The average Bonchev–Trinajstić information content (AvgIpc) is 2.99. The lowest BCUT2D eigenvalue weighted by molar-refractivity contribution is 0.415. The van der Waals surface area contributed by atoms with Gasteiger partial charge in [-0.3, -0.25) is 4.98 Å². The van der Waals surface area contributed by atoms with Crippen LogP contribution >= 0.6 is 0 Å². The van der Waals surface area contributed by atoms with Gasteiger partial charge in [0, 0.05) is 37.0 Å². The second-order valence-corrected chi connectivity index (χ2v) is 6.91. The predicted octanol–water partition coefficient (Wildman–Crippen LogP) is 3.08. The number of rotatable bonds is 5. The van der Waals surface area contributed by atoms with Crippen molar-refractivity contribution < 1.29 is 13.7 Å². The summed E-state index contributed by atoms with van der Waals surface area (Å²) in [6.07, 6.45) is 0. The molecule has 1 atom stereocenters. The van der Waals surface area contributed by atoms with Crippen molar-refractivity contribution in [3.63, 3.8) is 0 Å². The molecule has 126 valence electrons. The molecule has 0 saturated heterocycles. The Morgan fingerprint density at radius 3 is 2.79 bits per heavy atom. The maximum atomic E-state index is 14.2. The zero-order valence-electron chi connectivity index (χ0n) is 13.7. The van der Waals surface area contributed by atoms with Gasteiger partial charge in [0.15, 0.2) is 0 Å². The standard InChI is InChI=1S/C17H18FN3O2S/c1-21(2)16-6-4-5-13(18)12(16)10-24(22)17-19-14-8-7-11(23-3)9-15(14)20-17/h4-9H,10H2,1-3H3,(H,19,20). The average molecular weight is 347 g/mol. The third-order valence-corrected chi connectivity index (χ3v) is 4.91. The fourth-order valence-electron chi connectivity index (χ4n) is 2.51. The Labute approximate surface area is 142 Å². The van der Waals surface area contributed by atoms with Crippen LogP contribution in [0.3, 0.4) is 0 Å². The molecule has 0 aliphatic heterocycles. The molecule has 3 rings (SSSR count). The van der Waals surface area contributed by atoms with E-state index in [1.54, 1.807) is 36.3 Å². The highest BCUT2D eigenvalue weighted by molar-refractivity contribution is 7.90. The van der Waals surface area contributed by atoms with Crippen LogP contribution in [0.25, 0.3) is 11.0 Å². The first kappa shape index (κ1) is 16.6. The minimum absolute atomic E-state index is 0.0527. The van der Waals surface area contributed by atoms with E-state index in [0.717, 1.165) is 5.52 Å². The molecule has 1 heterocycles. The molecule has 1 unspecified atom stereocenters. The maximum Gasteiger partial charge on any atom is 0.321 e. The highest BCUT2D eigenvalue weighted by atomic mass is 32.2. The van der Waals surface area contributed by atoms with E-state index < -0.39 is 11.2 Å². The van der Waals surface area contributed by atoms with E-state index in [0.29, 0.717) is 27.7 Å². The molecule has 1 N–H and O–H groups in total. The molecule has 0 amide bonds. The van der Waals surface area contributed by atoms with E-state index in [9.17, 15) is 8.94 Å². The molecular formula is C17H18FN3O2S. The summed E-state index contributed by atoms with van der Waals surface area (Å²) in [5.74, 6) is 0.361. The molecule has 0 aliphatic rings. The minimum Gasteiger partial charge on any atom is -0.609 e. The van der Waals surface area contributed by atoms with E-state index in [1.165, 1.54) is 6.07 Å². The number of H-pyrrole nitrogens is 1. The Morgan fingerprint density at radius 2 is 2.08 bits per heavy atom. The van der Waals surface area contributed by atoms with Gasteiger partial charge in [-0.15, -0.1) is 0 Å². The van der Waals surface area contributed by atoms with Crippen LogP contribution in [0, 0.1) is 5.82 Å². The number of fused-ring (bicyclic) bond motifs is 1. The Bertz CT molecular complexity index is 866. The van der Waals surface area contributed by atoms with Crippen molar-refractivity contribution in [3.05, 3.63) is 47.8 Å². The molecule has 1 aromatic heterocycles. The summed E-state index contributed by atoms with van der Waals surface area (Å²) in [7, 11) is 5.23. The minimum atomic E-state index is -1.49. The molecule has 0 aliphatic carbocycles. The molecule has 24 heavy (non-hydrogen) atoms. The number of halogens is 1. The van der Waals surface area contributed by atoms with Crippen molar-refractivity contribution in [1.82, 2.24) is 9.97 Å². The van der Waals surface area contributed by atoms with E-state index >= 15 is 0 Å². The van der Waals surface area contributed by atoms with Crippen LogP contribution < -0.4 is 9.64 Å². The lowest BCUT2D eigenvalue weighted by atomic mass is 10.2. The SMILES string of the molecule is COc1ccc2[nH]c([S+]([O-])Cc3c(F)cccc3N(C)C)nc2c1. The Morgan fingerprint density at radius 1 is 1.29 bits per heavy atom. The van der Waals surface area contributed by atoms with Gasteiger partial charge < -0.3 is 14.2 Å². The van der Waals surface area contributed by atoms with E-state index in [-0.39, 0.29) is 11.6 Å². The van der Waals surface area contributed by atoms with Gasteiger partial charge in [0.05, 0.1) is 23.7 Å². The summed E-state index contributed by atoms with van der Waals surface area (Å²) in [4.78, 5) is 9.19. The number of benzene rings is 2. The summed E-state index contributed by atoms with van der Waals surface area (Å²) in [6, 6.07) is 10.2. The summed E-state index contributed by atoms with van der Waals surface area (Å²) >= 11 is -1.49. The molecule has 2 aromatic carbocycles. The van der Waals surface area contributed by atoms with Crippen molar-refractivity contribution in [2.45, 2.75) is 10.9 Å². The number of nitrogens with zero attached hydrogens (tertiary/aromatic N) is 2. The number of nitrogens with one attached hydrogen (secondary N) is 1. The van der Waals surface area contributed by atoms with E-state index in [2.05, 4.69) is 9.97 Å². The Kier molecular flexibility index (Phi) is 4.64. The van der Waals surface area contributed by atoms with Gasteiger partial charge >= 0.3 is 5.16 Å². The van der Waals surface area contributed by atoms with Crippen LogP contribution in [0.4, 0.5) is 10.1 Å². The van der Waals surface area contributed by atoms with Gasteiger partial charge in [0.25, 0.3) is 0 Å². The van der Waals surface area contributed by atoms with Crippen molar-refractivity contribution in [2.75, 3.05) is 26.1 Å². The lowest BCUT2D eigenvalue weighted by Gasteiger charge is -2.18. The fourth-order valence-corrected chi connectivity index (χ4v) is 3.61. The van der Waals surface area contributed by atoms with Crippen LogP contribution in [-0.4, -0.2) is 35.7 Å². The van der Waals surface area contributed by atoms with Crippen molar-refractivity contribution in [1.29, 1.82) is 0 Å². The van der Waals surface area contributed by atoms with Crippen molar-refractivity contribution in [3.8, 4) is 5.75 Å². The third kappa shape index (κ3) is 3.18. The molecular weight excluding hydrogens is 329 g/mol. The maximum absolute atomic E-state index is 14.2. The highest BCUT2D eigenvalue weighted by Crippen LogP contribution is 2.27. The van der Waals surface area contributed by atoms with Crippen LogP contribution in [0.1, 0.15) is 5.56 Å². The van der Waals surface area contributed by atoms with Crippen LogP contribution in [0.5, 0.6) is 5.75 Å². The molecule has 7 heteroatoms. The number of imidazole rings is 1. The first-order valence-electron chi connectivity index (χ1n) is 7.36. The quantitative estimate of drug-likeness (QED) is 0.721. The fraction of sp³-hybridized carbons (Fsp3) is 0.235. The van der Waals surface area contributed by atoms with Gasteiger partial charge in [-0.1, -0.05) is 6.07 Å². The molecule has 0 saturated carbocycles. The van der Waals surface area contributed by atoms with E-state index in [4.69, 9.17) is 4.74 Å². The van der Waals surface area contributed by atoms with Crippen LogP contribution in [-0.2, 0) is 16.9 Å². The predicted molar refractivity (Wildman–Crippen MR) is 93.5 cm³/mol. The summed E-state index contributed by atoms with van der Waals surface area (Å²) in [5.41, 5.74) is 2.56. The van der Waals surface area contributed by atoms with Crippen molar-refractivity contribution >= 4 is 27.9 Å². The van der Waals surface area contributed by atoms with E-state index in [1.807, 2.05) is 20.2 Å². The summed E-state index contributed by atoms with van der Waals surface area (Å²) in [5, 5.41) is 0.325. The molecule has 3 aromatic rings. The second kappa shape index (κ2) is 6.70. The topological polar surface area (TPSA) is 64.2 Å². The van der Waals surface area contributed by atoms with Gasteiger partial charge in [-0.25, -0.2) is 4.39 Å². The number of ether oxygens (including phenoxy) is 1. The van der Waals surface area contributed by atoms with Gasteiger partial charge in [-0.05, 0) is 24.3 Å². The van der Waals surface area contributed by atoms with Crippen LogP contribution in [0.2, 0.25) is 0 Å². The molecule has 0 spiro atoms. The molecule has 0 bridgehead atoms. The number of anilines is 1. The lowest BCUT2D eigenvalue weighted by Crippen LogP contribution is -2.15. The number of aromatic amines is 1. The van der Waals surface area contributed by atoms with Gasteiger partial charge in [0.1, 0.15) is 17.3 Å². The molecule has 0 fully saturated rings. The monoisotopic (exact) mass is 347 g/mol. The zero-order valence-corrected chi connectivity index (χ0v) is 14.5. The van der Waals surface area contributed by atoms with Gasteiger partial charge in [0.2, 0.25) is 0 Å². The number of hydrogen-bond acceptors (Lipinski definition) is 4. The summed E-state index contributed by atoms with van der Waals surface area (Å²) in [6.45, 7) is 0. The first-order chi connectivity index (χ1) is 11.5. The number of aromatic nitrogens is 2. The smallest absolute Gasteiger partial charge is 0.321 e. The second-order valence-electron chi connectivity index (χ2n) is 5.55. The number of hydrogen-bond donors (Lipinski definition) is 1. The molecule has 0 radical (unpaired) electrons. The third-order valence-electron chi connectivity index (χ3n) is 3.74.